The molecule has 8 nitrogen and oxygen atoms in total. The summed E-state index contributed by atoms with van der Waals surface area (Å²) in [5, 5.41) is 20.5. The van der Waals surface area contributed by atoms with E-state index in [0.29, 0.717) is 31.0 Å². The zero-order valence-electron chi connectivity index (χ0n) is 20.7. The van der Waals surface area contributed by atoms with Gasteiger partial charge in [-0.05, 0) is 31.7 Å². The van der Waals surface area contributed by atoms with E-state index in [4.69, 9.17) is 4.74 Å². The second-order valence-corrected chi connectivity index (χ2v) is 9.83. The third kappa shape index (κ3) is 5.16. The van der Waals surface area contributed by atoms with Crippen molar-refractivity contribution < 1.29 is 14.6 Å². The van der Waals surface area contributed by atoms with Crippen molar-refractivity contribution in [2.24, 2.45) is 0 Å². The second kappa shape index (κ2) is 10.7. The van der Waals surface area contributed by atoms with Gasteiger partial charge in [0.2, 0.25) is 5.43 Å². The molecule has 186 valence electrons. The number of carbonyl (C=O) groups excluding carboxylic acids is 1. The van der Waals surface area contributed by atoms with E-state index in [9.17, 15) is 14.7 Å². The normalized spacial score (nSPS) is 17.1. The maximum atomic E-state index is 13.1. The molecule has 3 aromatic rings. The van der Waals surface area contributed by atoms with E-state index in [1.165, 1.54) is 16.9 Å². The first-order valence-corrected chi connectivity index (χ1v) is 12.9. The molecular weight excluding hydrogens is 464 g/mol. The fourth-order valence-corrected chi connectivity index (χ4v) is 5.19. The van der Waals surface area contributed by atoms with Crippen LogP contribution in [0.5, 0.6) is 5.75 Å². The van der Waals surface area contributed by atoms with E-state index in [-0.39, 0.29) is 29.2 Å². The highest BCUT2D eigenvalue weighted by Gasteiger charge is 2.41. The number of benzene rings is 1. The number of carbonyl (C=O) groups is 1. The van der Waals surface area contributed by atoms with Crippen LogP contribution in [0.3, 0.4) is 0 Å². The van der Waals surface area contributed by atoms with Gasteiger partial charge >= 0.3 is 0 Å². The zero-order chi connectivity index (χ0) is 25.1. The van der Waals surface area contributed by atoms with Crippen molar-refractivity contribution in [2.45, 2.75) is 58.5 Å². The number of amides is 1. The van der Waals surface area contributed by atoms with Gasteiger partial charge in [0.25, 0.3) is 5.91 Å². The largest absolute Gasteiger partial charge is 0.503 e. The molecule has 1 N–H and O–H groups in total. The zero-order valence-corrected chi connectivity index (χ0v) is 21.5. The van der Waals surface area contributed by atoms with Crippen LogP contribution in [0.1, 0.15) is 65.8 Å². The maximum absolute atomic E-state index is 13.1. The third-order valence-corrected chi connectivity index (χ3v) is 7.25. The number of aromatic nitrogens is 3. The predicted octanol–water partition coefficient (Wildman–Crippen LogP) is 4.19. The summed E-state index contributed by atoms with van der Waals surface area (Å²) >= 11 is 1.33. The smallest absolute Gasteiger partial charge is 0.274 e. The molecule has 5 rings (SSSR count). The van der Waals surface area contributed by atoms with Gasteiger partial charge in [-0.25, -0.2) is 0 Å². The van der Waals surface area contributed by atoms with Gasteiger partial charge in [-0.1, -0.05) is 55.0 Å². The Morgan fingerprint density at radius 2 is 1.86 bits per heavy atom. The van der Waals surface area contributed by atoms with E-state index in [0.717, 1.165) is 23.4 Å². The summed E-state index contributed by atoms with van der Waals surface area (Å²) < 4.78 is 7.02. The fraction of sp³-hybridized carbons (Fsp3) is 0.462. The quantitative estimate of drug-likeness (QED) is 0.527. The maximum Gasteiger partial charge on any atom is 0.274 e. The molecule has 0 radical (unpaired) electrons. The van der Waals surface area contributed by atoms with Gasteiger partial charge in [0.05, 0.1) is 11.6 Å². The topological polar surface area (TPSA) is 97.6 Å². The number of methoxy groups -OCH3 is 1. The first kappa shape index (κ1) is 25.1. The van der Waals surface area contributed by atoms with Gasteiger partial charge in [-0.2, -0.15) is 0 Å². The van der Waals surface area contributed by atoms with Gasteiger partial charge < -0.3 is 19.3 Å². The van der Waals surface area contributed by atoms with Crippen molar-refractivity contribution in [1.29, 1.82) is 0 Å². The van der Waals surface area contributed by atoms with Crippen LogP contribution in [-0.4, -0.2) is 57.0 Å². The minimum Gasteiger partial charge on any atom is -0.503 e. The fourth-order valence-electron chi connectivity index (χ4n) is 4.31. The lowest BCUT2D eigenvalue weighted by molar-refractivity contribution is 0.0617. The number of aromatic hydroxyl groups is 1. The number of rotatable bonds is 7. The second-order valence-electron chi connectivity index (χ2n) is 8.76. The van der Waals surface area contributed by atoms with Gasteiger partial charge in [0.15, 0.2) is 16.5 Å². The van der Waals surface area contributed by atoms with Crippen LogP contribution in [0.15, 0.2) is 35.3 Å². The Hall–Kier alpha value is -3.04. The number of hydrogen-bond donors (Lipinski definition) is 1. The van der Waals surface area contributed by atoms with Crippen molar-refractivity contribution in [1.82, 2.24) is 19.7 Å². The minimum atomic E-state index is -0.587. The molecule has 0 spiro atoms. The molecule has 0 unspecified atom stereocenters. The summed E-state index contributed by atoms with van der Waals surface area (Å²) in [6.45, 7) is 7.09. The number of pyridine rings is 1. The highest BCUT2D eigenvalue weighted by atomic mass is 32.1. The molecule has 1 aliphatic heterocycles. The Morgan fingerprint density at radius 3 is 2.51 bits per heavy atom. The Kier molecular flexibility index (Phi) is 7.66. The van der Waals surface area contributed by atoms with E-state index >= 15 is 0 Å². The summed E-state index contributed by atoms with van der Waals surface area (Å²) in [5.74, 6) is -0.801. The van der Waals surface area contributed by atoms with Gasteiger partial charge in [-0.15, -0.1) is 10.2 Å². The standard InChI is InChI=1S/C24H26N4O4S.C2H6/c1-14-3-5-15(6-4-14)11-19-25-26-23(33-19)18-13-27-17(9-10-32-2)12-28(16-7-8-16)24(31)20(27)22(30)21(18)29;1-2/h3-6,13,16-17,30H,7-12H2,1-2H3;1-2H3/t17-;/m0./s1. The third-order valence-electron chi connectivity index (χ3n) is 6.29. The molecular formula is C26H32N4O4S. The van der Waals surface area contributed by atoms with Crippen molar-refractivity contribution in [3.8, 4) is 16.3 Å². The molecule has 1 amide bonds. The van der Waals surface area contributed by atoms with Crippen LogP contribution < -0.4 is 5.43 Å². The van der Waals surface area contributed by atoms with Gasteiger partial charge in [0.1, 0.15) is 5.01 Å². The van der Waals surface area contributed by atoms with E-state index in [2.05, 4.69) is 10.2 Å². The van der Waals surface area contributed by atoms with Gasteiger partial charge in [0, 0.05) is 38.9 Å². The first-order valence-electron chi connectivity index (χ1n) is 12.1. The summed E-state index contributed by atoms with van der Waals surface area (Å²) in [4.78, 5) is 28.0. The number of ether oxygens (including phenoxy) is 1. The van der Waals surface area contributed by atoms with Crippen LogP contribution in [0.25, 0.3) is 10.6 Å². The van der Waals surface area contributed by atoms with E-state index < -0.39 is 11.2 Å². The number of fused-ring (bicyclic) bond motifs is 1. The predicted molar refractivity (Wildman–Crippen MR) is 136 cm³/mol. The first-order chi connectivity index (χ1) is 17.0. The number of hydrogen-bond acceptors (Lipinski definition) is 7. The minimum absolute atomic E-state index is 0.0624. The molecule has 1 saturated carbocycles. The van der Waals surface area contributed by atoms with Crippen LogP contribution in [-0.2, 0) is 11.2 Å². The highest BCUT2D eigenvalue weighted by molar-refractivity contribution is 7.14. The molecule has 35 heavy (non-hydrogen) atoms. The summed E-state index contributed by atoms with van der Waals surface area (Å²) in [5.41, 5.74) is 2.04. The lowest BCUT2D eigenvalue weighted by Crippen LogP contribution is -2.45. The summed E-state index contributed by atoms with van der Waals surface area (Å²) in [7, 11) is 1.64. The van der Waals surface area contributed by atoms with Crippen LogP contribution >= 0.6 is 11.3 Å². The van der Waals surface area contributed by atoms with E-state index in [1.807, 2.05) is 45.0 Å². The summed E-state index contributed by atoms with van der Waals surface area (Å²) in [6.07, 6.45) is 4.86. The Labute approximate surface area is 209 Å². The van der Waals surface area contributed by atoms with Crippen LogP contribution in [0, 0.1) is 6.92 Å². The number of nitrogens with zero attached hydrogens (tertiary/aromatic N) is 4. The van der Waals surface area contributed by atoms with Crippen LogP contribution in [0.4, 0.5) is 0 Å². The van der Waals surface area contributed by atoms with Gasteiger partial charge in [-0.3, -0.25) is 9.59 Å². The molecule has 1 atom stereocenters. The molecule has 2 aromatic heterocycles. The molecule has 1 aromatic carbocycles. The number of aryl methyl sites for hydroxylation is 1. The summed E-state index contributed by atoms with van der Waals surface area (Å²) in [6, 6.07) is 8.29. The molecule has 1 aliphatic carbocycles. The Balaban J connectivity index is 0.00000141. The van der Waals surface area contributed by atoms with Crippen LogP contribution in [0.2, 0.25) is 0 Å². The molecule has 3 heterocycles. The Bertz CT molecular complexity index is 1250. The monoisotopic (exact) mass is 496 g/mol. The Morgan fingerprint density at radius 1 is 1.14 bits per heavy atom. The molecule has 0 saturated heterocycles. The lowest BCUT2D eigenvalue weighted by atomic mass is 10.1. The van der Waals surface area contributed by atoms with Crippen molar-refractivity contribution in [3.05, 3.63) is 62.5 Å². The van der Waals surface area contributed by atoms with E-state index in [1.54, 1.807) is 22.8 Å². The highest BCUT2D eigenvalue weighted by Crippen LogP contribution is 2.37. The average Bonchev–Trinajstić information content (AvgIpc) is 3.61. The molecule has 0 bridgehead atoms. The molecule has 2 aliphatic rings. The molecule has 9 heteroatoms. The lowest BCUT2D eigenvalue weighted by Gasteiger charge is -2.36. The van der Waals surface area contributed by atoms with Crippen molar-refractivity contribution in [2.75, 3.05) is 20.3 Å². The SMILES string of the molecule is CC.COCC[C@H]1CN(C2CC2)C(=O)c2c(O)c(=O)c(-c3nnc(Cc4ccc(C)cc4)s3)cn21. The van der Waals surface area contributed by atoms with Crippen molar-refractivity contribution >= 4 is 17.2 Å². The average molecular weight is 497 g/mol. The molecule has 1 fully saturated rings. The van der Waals surface area contributed by atoms with Crippen molar-refractivity contribution in [3.63, 3.8) is 0 Å².